The van der Waals surface area contributed by atoms with Crippen molar-refractivity contribution in [2.75, 3.05) is 0 Å². The number of carbonyl (C=O) groups excluding carboxylic acids is 3. The number of ketones is 1. The van der Waals surface area contributed by atoms with Crippen molar-refractivity contribution in [3.8, 4) is 0 Å². The quantitative estimate of drug-likeness (QED) is 0.645. The summed E-state index contributed by atoms with van der Waals surface area (Å²) in [4.78, 5) is 37.9. The second-order valence-electron chi connectivity index (χ2n) is 5.75. The van der Waals surface area contributed by atoms with E-state index in [1.54, 1.807) is 6.92 Å². The largest absolute Gasteiger partial charge is 0.448 e. The number of aromatic amines is 1. The Morgan fingerprint density at radius 1 is 1.27 bits per heavy atom. The highest BCUT2D eigenvalue weighted by Crippen LogP contribution is 2.17. The van der Waals surface area contributed by atoms with Crippen molar-refractivity contribution in [3.63, 3.8) is 0 Å². The van der Waals surface area contributed by atoms with Crippen molar-refractivity contribution in [1.82, 2.24) is 10.3 Å². The molecule has 1 aromatic rings. The normalized spacial score (nSPS) is 16.8. The number of hydrogen-bond acceptors (Lipinski definition) is 4. The molecule has 1 aliphatic rings. The van der Waals surface area contributed by atoms with E-state index in [0.29, 0.717) is 5.56 Å². The Hall–Kier alpha value is -2.11. The molecule has 1 atom stereocenters. The third-order valence-electron chi connectivity index (χ3n) is 3.91. The lowest BCUT2D eigenvalue weighted by molar-refractivity contribution is -0.130. The molecular weight excluding hydrogens is 284 g/mol. The number of rotatable bonds is 5. The molecule has 6 heteroatoms. The molecule has 120 valence electrons. The maximum Gasteiger partial charge on any atom is 0.355 e. The van der Waals surface area contributed by atoms with Crippen LogP contribution in [0.25, 0.3) is 0 Å². The molecule has 1 aliphatic carbocycles. The van der Waals surface area contributed by atoms with E-state index in [1.807, 2.05) is 0 Å². The Balaban J connectivity index is 1.86. The summed E-state index contributed by atoms with van der Waals surface area (Å²) in [5.41, 5.74) is 0.578. The van der Waals surface area contributed by atoms with Crippen LogP contribution in [-0.2, 0) is 9.53 Å². The first-order valence-corrected chi connectivity index (χ1v) is 7.68. The molecule has 2 rings (SSSR count). The summed E-state index contributed by atoms with van der Waals surface area (Å²) in [5, 5.41) is 2.92. The lowest BCUT2D eigenvalue weighted by Crippen LogP contribution is -2.42. The van der Waals surface area contributed by atoms with Gasteiger partial charge in [0.1, 0.15) is 5.69 Å². The fourth-order valence-electron chi connectivity index (χ4n) is 2.56. The van der Waals surface area contributed by atoms with Crippen LogP contribution in [0, 0.1) is 0 Å². The highest BCUT2D eigenvalue weighted by atomic mass is 16.5. The molecule has 0 unspecified atom stereocenters. The zero-order valence-electron chi connectivity index (χ0n) is 13.0. The summed E-state index contributed by atoms with van der Waals surface area (Å²) in [7, 11) is 0. The minimum atomic E-state index is -0.862. The summed E-state index contributed by atoms with van der Waals surface area (Å²) in [6, 6.07) is 1.60. The molecule has 0 spiro atoms. The summed E-state index contributed by atoms with van der Waals surface area (Å²) in [6.45, 7) is 2.96. The van der Waals surface area contributed by atoms with Crippen LogP contribution < -0.4 is 5.32 Å². The van der Waals surface area contributed by atoms with Crippen molar-refractivity contribution >= 4 is 17.7 Å². The SMILES string of the molecule is CC(=O)c1c[nH]c(C(=O)O[C@@H](C)C(=O)NC2CCCCC2)c1. The molecule has 22 heavy (non-hydrogen) atoms. The molecule has 0 aromatic carbocycles. The second kappa shape index (κ2) is 7.24. The zero-order chi connectivity index (χ0) is 16.1. The van der Waals surface area contributed by atoms with Gasteiger partial charge in [-0.2, -0.15) is 0 Å². The molecule has 0 saturated heterocycles. The number of Topliss-reactive ketones (excluding diaryl/α,β-unsaturated/α-hetero) is 1. The van der Waals surface area contributed by atoms with E-state index < -0.39 is 12.1 Å². The van der Waals surface area contributed by atoms with Crippen LogP contribution >= 0.6 is 0 Å². The number of hydrogen-bond donors (Lipinski definition) is 2. The van der Waals surface area contributed by atoms with Crippen LogP contribution in [0.1, 0.15) is 66.8 Å². The minimum Gasteiger partial charge on any atom is -0.448 e. The average Bonchev–Trinajstić information content (AvgIpc) is 2.98. The van der Waals surface area contributed by atoms with Gasteiger partial charge in [-0.25, -0.2) is 4.79 Å². The van der Waals surface area contributed by atoms with E-state index >= 15 is 0 Å². The fourth-order valence-corrected chi connectivity index (χ4v) is 2.56. The number of esters is 1. The Labute approximate surface area is 129 Å². The Bertz CT molecular complexity index is 558. The van der Waals surface area contributed by atoms with Crippen molar-refractivity contribution in [3.05, 3.63) is 23.5 Å². The molecule has 1 fully saturated rings. The predicted octanol–water partition coefficient (Wildman–Crippen LogP) is 2.21. The van der Waals surface area contributed by atoms with Gasteiger partial charge in [-0.1, -0.05) is 19.3 Å². The maximum atomic E-state index is 12.0. The van der Waals surface area contributed by atoms with Gasteiger partial charge >= 0.3 is 5.97 Å². The maximum absolute atomic E-state index is 12.0. The molecule has 2 N–H and O–H groups in total. The predicted molar refractivity (Wildman–Crippen MR) is 80.7 cm³/mol. The van der Waals surface area contributed by atoms with E-state index in [-0.39, 0.29) is 23.4 Å². The molecule has 1 aromatic heterocycles. The van der Waals surface area contributed by atoms with Crippen LogP contribution in [0.3, 0.4) is 0 Å². The van der Waals surface area contributed by atoms with Gasteiger partial charge in [0.25, 0.3) is 5.91 Å². The third-order valence-corrected chi connectivity index (χ3v) is 3.91. The molecule has 0 aliphatic heterocycles. The number of nitrogens with one attached hydrogen (secondary N) is 2. The zero-order valence-corrected chi connectivity index (χ0v) is 13.0. The van der Waals surface area contributed by atoms with Crippen LogP contribution in [-0.4, -0.2) is 34.8 Å². The van der Waals surface area contributed by atoms with Crippen molar-refractivity contribution in [2.24, 2.45) is 0 Å². The van der Waals surface area contributed by atoms with Crippen LogP contribution in [0.5, 0.6) is 0 Å². The Morgan fingerprint density at radius 3 is 2.55 bits per heavy atom. The summed E-state index contributed by atoms with van der Waals surface area (Å²) >= 11 is 0. The van der Waals surface area contributed by atoms with Gasteiger partial charge in [-0.15, -0.1) is 0 Å². The highest BCUT2D eigenvalue weighted by Gasteiger charge is 2.23. The number of H-pyrrole nitrogens is 1. The summed E-state index contributed by atoms with van der Waals surface area (Å²) in [5.74, 6) is -1.06. The second-order valence-corrected chi connectivity index (χ2v) is 5.75. The van der Waals surface area contributed by atoms with Gasteiger partial charge in [-0.3, -0.25) is 9.59 Å². The first kappa shape index (κ1) is 16.3. The van der Waals surface area contributed by atoms with Crippen molar-refractivity contribution < 1.29 is 19.1 Å². The topological polar surface area (TPSA) is 88.3 Å². The van der Waals surface area contributed by atoms with Crippen molar-refractivity contribution in [2.45, 2.75) is 58.1 Å². The monoisotopic (exact) mass is 306 g/mol. The van der Waals surface area contributed by atoms with Crippen LogP contribution in [0.4, 0.5) is 0 Å². The lowest BCUT2D eigenvalue weighted by Gasteiger charge is -2.24. The van der Waals surface area contributed by atoms with E-state index in [1.165, 1.54) is 25.6 Å². The molecule has 0 radical (unpaired) electrons. The average molecular weight is 306 g/mol. The van der Waals surface area contributed by atoms with Gasteiger partial charge in [0.15, 0.2) is 11.9 Å². The number of aromatic nitrogens is 1. The van der Waals surface area contributed by atoms with E-state index in [0.717, 1.165) is 25.7 Å². The molecule has 1 saturated carbocycles. The molecule has 1 amide bonds. The molecule has 1 heterocycles. The van der Waals surface area contributed by atoms with E-state index in [2.05, 4.69) is 10.3 Å². The summed E-state index contributed by atoms with van der Waals surface area (Å²) < 4.78 is 5.14. The lowest BCUT2D eigenvalue weighted by atomic mass is 9.95. The minimum absolute atomic E-state index is 0.140. The molecular formula is C16H22N2O4. The first-order chi connectivity index (χ1) is 10.5. The fraction of sp³-hybridized carbons (Fsp3) is 0.562. The molecule has 6 nitrogen and oxygen atoms in total. The first-order valence-electron chi connectivity index (χ1n) is 7.68. The smallest absolute Gasteiger partial charge is 0.355 e. The van der Waals surface area contributed by atoms with E-state index in [4.69, 9.17) is 4.74 Å². The number of ether oxygens (including phenoxy) is 1. The third kappa shape index (κ3) is 4.19. The van der Waals surface area contributed by atoms with Crippen molar-refractivity contribution in [1.29, 1.82) is 0 Å². The van der Waals surface area contributed by atoms with Gasteiger partial charge in [0, 0.05) is 17.8 Å². The Morgan fingerprint density at radius 2 is 1.95 bits per heavy atom. The number of carbonyl (C=O) groups is 3. The van der Waals surface area contributed by atoms with E-state index in [9.17, 15) is 14.4 Å². The number of amides is 1. The van der Waals surface area contributed by atoms with Gasteiger partial charge in [-0.05, 0) is 32.8 Å². The van der Waals surface area contributed by atoms with Crippen LogP contribution in [0.2, 0.25) is 0 Å². The van der Waals surface area contributed by atoms with Gasteiger partial charge < -0.3 is 15.0 Å². The van der Waals surface area contributed by atoms with Gasteiger partial charge in [0.05, 0.1) is 0 Å². The summed E-state index contributed by atoms with van der Waals surface area (Å²) in [6.07, 6.45) is 5.99. The molecule has 0 bridgehead atoms. The van der Waals surface area contributed by atoms with Gasteiger partial charge in [0.2, 0.25) is 0 Å². The standard InChI is InChI=1S/C16H22N2O4/c1-10(19)12-8-14(17-9-12)16(21)22-11(2)15(20)18-13-6-4-3-5-7-13/h8-9,11,13,17H,3-7H2,1-2H3,(H,18,20)/t11-/m0/s1. The van der Waals surface area contributed by atoms with Crippen LogP contribution in [0.15, 0.2) is 12.3 Å². The highest BCUT2D eigenvalue weighted by molar-refractivity contribution is 5.98. The Kier molecular flexibility index (Phi) is 5.35.